The summed E-state index contributed by atoms with van der Waals surface area (Å²) in [5.41, 5.74) is 2.20. The minimum Gasteiger partial charge on any atom is -0.356 e. The normalized spacial score (nSPS) is 14.9. The van der Waals surface area contributed by atoms with Crippen LogP contribution >= 0.6 is 7.21 Å². The van der Waals surface area contributed by atoms with E-state index in [0.29, 0.717) is 5.57 Å². The van der Waals surface area contributed by atoms with Crippen molar-refractivity contribution in [1.29, 1.82) is 5.26 Å². The van der Waals surface area contributed by atoms with Gasteiger partial charge in [0.15, 0.2) is 0 Å². The molecule has 0 radical (unpaired) electrons. The molecule has 0 amide bonds. The molecule has 0 spiro atoms. The van der Waals surface area contributed by atoms with Gasteiger partial charge in [-0.15, -0.1) is 0 Å². The number of amidine groups is 1. The lowest BCUT2D eigenvalue weighted by molar-refractivity contribution is 0.467. The van der Waals surface area contributed by atoms with Crippen LogP contribution in [-0.4, -0.2) is 23.8 Å². The zero-order chi connectivity index (χ0) is 21.7. The van der Waals surface area contributed by atoms with E-state index in [1.54, 1.807) is 0 Å². The average molecular weight is 424 g/mol. The maximum atomic E-state index is 10.2. The van der Waals surface area contributed by atoms with Crippen LogP contribution in [-0.2, 0) is 0 Å². The van der Waals surface area contributed by atoms with Gasteiger partial charge in [-0.05, 0) is 13.8 Å². The van der Waals surface area contributed by atoms with E-state index in [-0.39, 0.29) is 0 Å². The van der Waals surface area contributed by atoms with E-state index in [9.17, 15) is 5.26 Å². The average Bonchev–Trinajstić information content (AvgIpc) is 2.86. The molecule has 0 N–H and O–H groups in total. The molecule has 0 atom stereocenters. The van der Waals surface area contributed by atoms with E-state index in [2.05, 4.69) is 49.1 Å². The molecule has 154 valence electrons. The number of benzene rings is 3. The third-order valence-corrected chi connectivity index (χ3v) is 8.40. The minimum atomic E-state index is -2.54. The van der Waals surface area contributed by atoms with Gasteiger partial charge in [-0.3, -0.25) is 0 Å². The van der Waals surface area contributed by atoms with Crippen LogP contribution in [0.4, 0.5) is 0 Å². The second kappa shape index (κ2) is 9.16. The highest BCUT2D eigenvalue weighted by Crippen LogP contribution is 2.54. The maximum Gasteiger partial charge on any atom is 0.150 e. The van der Waals surface area contributed by atoms with E-state index in [0.717, 1.165) is 40.8 Å². The van der Waals surface area contributed by atoms with Crippen LogP contribution < -0.4 is 10.6 Å². The molecule has 0 saturated heterocycles. The molecular formula is C26H25N4P. The van der Waals surface area contributed by atoms with Gasteiger partial charge in [-0.1, -0.05) is 91.0 Å². The Labute approximate surface area is 184 Å². The SMILES string of the molecule is CCN(CC)C1=NP(c2ccccc2)(c2ccccc2)=NC(c2ccccc2)=C1C#N. The van der Waals surface area contributed by atoms with Crippen molar-refractivity contribution >= 4 is 29.3 Å². The van der Waals surface area contributed by atoms with Gasteiger partial charge in [0.25, 0.3) is 0 Å². The fraction of sp³-hybridized carbons (Fsp3) is 0.154. The number of hydrogen-bond acceptors (Lipinski definition) is 4. The third kappa shape index (κ3) is 3.85. The van der Waals surface area contributed by atoms with Gasteiger partial charge in [-0.2, -0.15) is 5.26 Å². The van der Waals surface area contributed by atoms with E-state index in [1.807, 2.05) is 66.7 Å². The number of nitriles is 1. The van der Waals surface area contributed by atoms with E-state index in [4.69, 9.17) is 9.51 Å². The van der Waals surface area contributed by atoms with Crippen molar-refractivity contribution < 1.29 is 0 Å². The maximum absolute atomic E-state index is 10.2. The van der Waals surface area contributed by atoms with Crippen LogP contribution in [0.15, 0.2) is 106 Å². The second-order valence-corrected chi connectivity index (χ2v) is 9.80. The predicted octanol–water partition coefficient (Wildman–Crippen LogP) is 5.44. The quantitative estimate of drug-likeness (QED) is 0.512. The molecule has 1 aliphatic rings. The zero-order valence-corrected chi connectivity index (χ0v) is 18.7. The van der Waals surface area contributed by atoms with Crippen molar-refractivity contribution in [3.8, 4) is 6.07 Å². The van der Waals surface area contributed by atoms with Crippen LogP contribution in [0.5, 0.6) is 0 Å². The smallest absolute Gasteiger partial charge is 0.150 e. The highest BCUT2D eigenvalue weighted by Gasteiger charge is 2.33. The van der Waals surface area contributed by atoms with Crippen molar-refractivity contribution in [2.45, 2.75) is 13.8 Å². The number of likely N-dealkylation sites (N-methyl/N-ethyl adjacent to an activating group) is 1. The predicted molar refractivity (Wildman–Crippen MR) is 131 cm³/mol. The summed E-state index contributed by atoms with van der Waals surface area (Å²) in [6.45, 7) is 5.73. The Bertz CT molecular complexity index is 1160. The first-order valence-electron chi connectivity index (χ1n) is 10.5. The molecule has 31 heavy (non-hydrogen) atoms. The summed E-state index contributed by atoms with van der Waals surface area (Å²) < 4.78 is 10.7. The molecule has 0 aliphatic carbocycles. The molecular weight excluding hydrogens is 399 g/mol. The molecule has 3 aromatic rings. The van der Waals surface area contributed by atoms with Crippen LogP contribution in [0.2, 0.25) is 0 Å². The van der Waals surface area contributed by atoms with Crippen molar-refractivity contribution in [3.63, 3.8) is 0 Å². The monoisotopic (exact) mass is 424 g/mol. The lowest BCUT2D eigenvalue weighted by Crippen LogP contribution is -2.34. The molecule has 0 bridgehead atoms. The summed E-state index contributed by atoms with van der Waals surface area (Å²) in [7, 11) is -2.54. The van der Waals surface area contributed by atoms with Gasteiger partial charge in [0.2, 0.25) is 0 Å². The van der Waals surface area contributed by atoms with Gasteiger partial charge in [0.05, 0.1) is 5.70 Å². The Morgan fingerprint density at radius 2 is 1.26 bits per heavy atom. The molecule has 0 aromatic heterocycles. The van der Waals surface area contributed by atoms with Crippen molar-refractivity contribution in [2.24, 2.45) is 9.51 Å². The standard InChI is InChI=1S/C26H25N4P/c1-3-30(4-2)26-24(20-27)25(21-14-8-5-9-15-21)28-31(29-26,22-16-10-6-11-17-22)23-18-12-7-13-19-23/h5-19H,3-4H2,1-2H3. The van der Waals surface area contributed by atoms with Crippen LogP contribution in [0, 0.1) is 11.3 Å². The van der Waals surface area contributed by atoms with Crippen LogP contribution in [0.3, 0.4) is 0 Å². The molecule has 4 rings (SSSR count). The molecule has 0 unspecified atom stereocenters. The molecule has 0 saturated carbocycles. The number of nitrogens with zero attached hydrogens (tertiary/aromatic N) is 4. The van der Waals surface area contributed by atoms with Crippen molar-refractivity contribution in [2.75, 3.05) is 13.1 Å². The van der Waals surface area contributed by atoms with Crippen molar-refractivity contribution in [3.05, 3.63) is 102 Å². The summed E-state index contributed by atoms with van der Waals surface area (Å²) in [5, 5.41) is 12.3. The number of rotatable bonds is 5. The lowest BCUT2D eigenvalue weighted by Gasteiger charge is -2.32. The highest BCUT2D eigenvalue weighted by molar-refractivity contribution is 7.80. The Hall–Kier alpha value is -3.41. The first-order valence-corrected chi connectivity index (χ1v) is 12.2. The molecule has 3 aromatic carbocycles. The van der Waals surface area contributed by atoms with Gasteiger partial charge < -0.3 is 4.90 Å². The first kappa shape index (κ1) is 20.8. The van der Waals surface area contributed by atoms with E-state index in [1.165, 1.54) is 0 Å². The second-order valence-electron chi connectivity index (χ2n) is 7.17. The van der Waals surface area contributed by atoms with Gasteiger partial charge >= 0.3 is 0 Å². The summed E-state index contributed by atoms with van der Waals surface area (Å²) >= 11 is 0. The molecule has 5 heteroatoms. The van der Waals surface area contributed by atoms with Crippen LogP contribution in [0.25, 0.3) is 5.70 Å². The van der Waals surface area contributed by atoms with Gasteiger partial charge in [0, 0.05) is 29.3 Å². The molecule has 4 nitrogen and oxygen atoms in total. The Morgan fingerprint density at radius 3 is 1.71 bits per heavy atom. The first-order chi connectivity index (χ1) is 15.2. The largest absolute Gasteiger partial charge is 0.356 e. The lowest BCUT2D eigenvalue weighted by atomic mass is 10.1. The summed E-state index contributed by atoms with van der Waals surface area (Å²) in [5.74, 6) is 0.738. The van der Waals surface area contributed by atoms with E-state index < -0.39 is 7.21 Å². The minimum absolute atomic E-state index is 0.539. The Balaban J connectivity index is 2.15. The number of hydrogen-bond donors (Lipinski definition) is 0. The molecule has 1 aliphatic heterocycles. The van der Waals surface area contributed by atoms with E-state index >= 15 is 0 Å². The van der Waals surface area contributed by atoms with Gasteiger partial charge in [0.1, 0.15) is 24.7 Å². The fourth-order valence-electron chi connectivity index (χ4n) is 3.81. The molecule has 1 heterocycles. The Kier molecular flexibility index (Phi) is 6.16. The fourth-order valence-corrected chi connectivity index (χ4v) is 6.79. The van der Waals surface area contributed by atoms with Crippen molar-refractivity contribution in [1.82, 2.24) is 4.90 Å². The Morgan fingerprint density at radius 1 is 0.774 bits per heavy atom. The summed E-state index contributed by atoms with van der Waals surface area (Å²) in [6.07, 6.45) is 0. The molecule has 0 fully saturated rings. The van der Waals surface area contributed by atoms with Crippen LogP contribution in [0.1, 0.15) is 19.4 Å². The summed E-state index contributed by atoms with van der Waals surface area (Å²) in [6, 6.07) is 33.0. The highest BCUT2D eigenvalue weighted by atomic mass is 31.2. The zero-order valence-electron chi connectivity index (χ0n) is 17.8. The topological polar surface area (TPSA) is 51.8 Å². The third-order valence-electron chi connectivity index (χ3n) is 5.40. The summed E-state index contributed by atoms with van der Waals surface area (Å²) in [4.78, 5) is 2.16. The van der Waals surface area contributed by atoms with Gasteiger partial charge in [-0.25, -0.2) is 9.51 Å².